The molecule has 1 saturated carbocycles. The standard InChI is InChI=1S/C15H22N2O3/c1-3-20-15-9-13(8-14(10-15)17(18)19)16-12-6-4-11(2)5-7-12/h8-12,16H,3-7H2,1-2H3. The van der Waals surface area contributed by atoms with Gasteiger partial charge in [-0.1, -0.05) is 6.92 Å². The fraction of sp³-hybridized carbons (Fsp3) is 0.600. The molecule has 0 bridgehead atoms. The number of rotatable bonds is 5. The number of nitro groups is 1. The van der Waals surface area contributed by atoms with Crippen molar-refractivity contribution in [2.75, 3.05) is 11.9 Å². The summed E-state index contributed by atoms with van der Waals surface area (Å²) in [4.78, 5) is 10.6. The Morgan fingerprint density at radius 1 is 1.30 bits per heavy atom. The molecule has 5 heteroatoms. The van der Waals surface area contributed by atoms with Crippen LogP contribution in [0.5, 0.6) is 5.75 Å². The lowest BCUT2D eigenvalue weighted by molar-refractivity contribution is -0.384. The predicted molar refractivity (Wildman–Crippen MR) is 79.3 cm³/mol. The Bertz CT molecular complexity index is 468. The fourth-order valence-corrected chi connectivity index (χ4v) is 2.66. The number of nitrogens with one attached hydrogen (secondary N) is 1. The first-order chi connectivity index (χ1) is 9.58. The molecule has 2 rings (SSSR count). The highest BCUT2D eigenvalue weighted by Crippen LogP contribution is 2.30. The van der Waals surface area contributed by atoms with Crippen molar-refractivity contribution in [1.29, 1.82) is 0 Å². The normalized spacial score (nSPS) is 22.3. The third-order valence-electron chi connectivity index (χ3n) is 3.80. The molecule has 1 fully saturated rings. The van der Waals surface area contributed by atoms with E-state index in [0.29, 0.717) is 18.4 Å². The van der Waals surface area contributed by atoms with E-state index in [1.807, 2.05) is 13.0 Å². The van der Waals surface area contributed by atoms with E-state index in [1.165, 1.54) is 18.9 Å². The minimum atomic E-state index is -0.378. The van der Waals surface area contributed by atoms with Gasteiger partial charge in [0.05, 0.1) is 17.6 Å². The molecular weight excluding hydrogens is 256 g/mol. The molecular formula is C15H22N2O3. The molecule has 0 radical (unpaired) electrons. The average Bonchev–Trinajstić information content (AvgIpc) is 2.41. The van der Waals surface area contributed by atoms with Crippen molar-refractivity contribution >= 4 is 11.4 Å². The zero-order valence-corrected chi connectivity index (χ0v) is 12.1. The van der Waals surface area contributed by atoms with Crippen molar-refractivity contribution in [2.45, 2.75) is 45.6 Å². The van der Waals surface area contributed by atoms with Crippen molar-refractivity contribution in [3.8, 4) is 5.75 Å². The number of anilines is 1. The van der Waals surface area contributed by atoms with Crippen LogP contribution in [0.1, 0.15) is 39.5 Å². The Hall–Kier alpha value is -1.78. The molecule has 0 unspecified atom stereocenters. The van der Waals surface area contributed by atoms with Crippen LogP contribution < -0.4 is 10.1 Å². The Kier molecular flexibility index (Phi) is 4.82. The molecule has 1 N–H and O–H groups in total. The van der Waals surface area contributed by atoms with Crippen molar-refractivity contribution in [2.24, 2.45) is 5.92 Å². The minimum absolute atomic E-state index is 0.0719. The van der Waals surface area contributed by atoms with Gasteiger partial charge in [0.1, 0.15) is 5.75 Å². The van der Waals surface area contributed by atoms with Gasteiger partial charge in [-0.25, -0.2) is 0 Å². The van der Waals surface area contributed by atoms with E-state index < -0.39 is 0 Å². The van der Waals surface area contributed by atoms with Gasteiger partial charge in [0.2, 0.25) is 0 Å². The van der Waals surface area contributed by atoms with Crippen LogP contribution >= 0.6 is 0 Å². The van der Waals surface area contributed by atoms with Crippen LogP contribution in [0.4, 0.5) is 11.4 Å². The fourth-order valence-electron chi connectivity index (χ4n) is 2.66. The van der Waals surface area contributed by atoms with Crippen molar-refractivity contribution in [1.82, 2.24) is 0 Å². The lowest BCUT2D eigenvalue weighted by Crippen LogP contribution is -2.25. The van der Waals surface area contributed by atoms with Crippen LogP contribution in [-0.4, -0.2) is 17.6 Å². The van der Waals surface area contributed by atoms with Gasteiger partial charge in [-0.05, 0) is 38.5 Å². The quantitative estimate of drug-likeness (QED) is 0.653. The number of ether oxygens (including phenoxy) is 1. The summed E-state index contributed by atoms with van der Waals surface area (Å²) in [5.74, 6) is 1.34. The molecule has 20 heavy (non-hydrogen) atoms. The molecule has 1 aliphatic rings. The van der Waals surface area contributed by atoms with E-state index >= 15 is 0 Å². The van der Waals surface area contributed by atoms with Gasteiger partial charge in [0.25, 0.3) is 5.69 Å². The Morgan fingerprint density at radius 2 is 2.00 bits per heavy atom. The molecule has 0 aliphatic heterocycles. The first-order valence-corrected chi connectivity index (χ1v) is 7.27. The molecule has 110 valence electrons. The van der Waals surface area contributed by atoms with Crippen LogP contribution in [-0.2, 0) is 0 Å². The zero-order valence-electron chi connectivity index (χ0n) is 12.1. The monoisotopic (exact) mass is 278 g/mol. The number of hydrogen-bond acceptors (Lipinski definition) is 4. The lowest BCUT2D eigenvalue weighted by atomic mass is 9.87. The van der Waals surface area contributed by atoms with E-state index in [-0.39, 0.29) is 10.6 Å². The summed E-state index contributed by atoms with van der Waals surface area (Å²) in [6.45, 7) is 4.65. The van der Waals surface area contributed by atoms with Crippen molar-refractivity contribution < 1.29 is 9.66 Å². The average molecular weight is 278 g/mol. The molecule has 0 amide bonds. The second-order valence-electron chi connectivity index (χ2n) is 5.51. The largest absolute Gasteiger partial charge is 0.494 e. The maximum absolute atomic E-state index is 11.0. The molecule has 1 aromatic rings. The highest BCUT2D eigenvalue weighted by atomic mass is 16.6. The van der Waals surface area contributed by atoms with Gasteiger partial charge in [-0.15, -0.1) is 0 Å². The highest BCUT2D eigenvalue weighted by molar-refractivity contribution is 5.56. The Morgan fingerprint density at radius 3 is 2.60 bits per heavy atom. The molecule has 1 aliphatic carbocycles. The molecule has 0 spiro atoms. The highest BCUT2D eigenvalue weighted by Gasteiger charge is 2.19. The van der Waals surface area contributed by atoms with E-state index in [2.05, 4.69) is 12.2 Å². The summed E-state index contributed by atoms with van der Waals surface area (Å²) >= 11 is 0. The van der Waals surface area contributed by atoms with Crippen molar-refractivity contribution in [3.63, 3.8) is 0 Å². The predicted octanol–water partition coefficient (Wildman–Crippen LogP) is 3.98. The van der Waals surface area contributed by atoms with Gasteiger partial charge in [-0.3, -0.25) is 10.1 Å². The summed E-state index contributed by atoms with van der Waals surface area (Å²) in [7, 11) is 0. The smallest absolute Gasteiger partial charge is 0.275 e. The summed E-state index contributed by atoms with van der Waals surface area (Å²) in [5.41, 5.74) is 0.852. The lowest BCUT2D eigenvalue weighted by Gasteiger charge is -2.27. The topological polar surface area (TPSA) is 64.4 Å². The Labute approximate surface area is 119 Å². The maximum atomic E-state index is 11.0. The third-order valence-corrected chi connectivity index (χ3v) is 3.80. The molecule has 5 nitrogen and oxygen atoms in total. The van der Waals surface area contributed by atoms with Gasteiger partial charge in [-0.2, -0.15) is 0 Å². The van der Waals surface area contributed by atoms with E-state index in [1.54, 1.807) is 6.07 Å². The number of nitrogens with zero attached hydrogens (tertiary/aromatic N) is 1. The van der Waals surface area contributed by atoms with Gasteiger partial charge >= 0.3 is 0 Å². The number of benzene rings is 1. The van der Waals surface area contributed by atoms with Crippen LogP contribution in [0.2, 0.25) is 0 Å². The number of nitro benzene ring substituents is 1. The van der Waals surface area contributed by atoms with Crippen LogP contribution in [0.15, 0.2) is 18.2 Å². The van der Waals surface area contributed by atoms with Crippen molar-refractivity contribution in [3.05, 3.63) is 28.3 Å². The molecule has 0 atom stereocenters. The molecule has 1 aromatic carbocycles. The second-order valence-corrected chi connectivity index (χ2v) is 5.51. The summed E-state index contributed by atoms with van der Waals surface area (Å²) in [5, 5.41) is 14.4. The Balaban J connectivity index is 2.11. The van der Waals surface area contributed by atoms with E-state index in [9.17, 15) is 10.1 Å². The van der Waals surface area contributed by atoms with Gasteiger partial charge in [0.15, 0.2) is 0 Å². The molecule has 0 saturated heterocycles. The van der Waals surface area contributed by atoms with Crippen LogP contribution in [0, 0.1) is 16.0 Å². The first-order valence-electron chi connectivity index (χ1n) is 7.27. The minimum Gasteiger partial charge on any atom is -0.494 e. The maximum Gasteiger partial charge on any atom is 0.275 e. The second kappa shape index (κ2) is 6.59. The van der Waals surface area contributed by atoms with E-state index in [4.69, 9.17) is 4.74 Å². The van der Waals surface area contributed by atoms with Crippen LogP contribution in [0.25, 0.3) is 0 Å². The van der Waals surface area contributed by atoms with Crippen LogP contribution in [0.3, 0.4) is 0 Å². The van der Waals surface area contributed by atoms with Gasteiger partial charge < -0.3 is 10.1 Å². The zero-order chi connectivity index (χ0) is 14.5. The third kappa shape index (κ3) is 3.85. The van der Waals surface area contributed by atoms with Gasteiger partial charge in [0, 0.05) is 23.9 Å². The summed E-state index contributed by atoms with van der Waals surface area (Å²) in [6, 6.07) is 5.30. The number of non-ortho nitro benzene ring substituents is 1. The number of hydrogen-bond donors (Lipinski definition) is 1. The van der Waals surface area contributed by atoms with E-state index in [0.717, 1.165) is 24.4 Å². The first kappa shape index (κ1) is 14.6. The summed E-state index contributed by atoms with van der Waals surface area (Å²) < 4.78 is 5.40. The summed E-state index contributed by atoms with van der Waals surface area (Å²) in [6.07, 6.45) is 4.66. The molecule has 0 heterocycles. The molecule has 0 aromatic heterocycles. The SMILES string of the molecule is CCOc1cc(NC2CCC(C)CC2)cc([N+](=O)[O-])c1.